The Bertz CT molecular complexity index is 399. The lowest BCUT2D eigenvalue weighted by Crippen LogP contribution is -2.40. The highest BCUT2D eigenvalue weighted by Gasteiger charge is 2.25. The Morgan fingerprint density at radius 2 is 2.31 bits per heavy atom. The Morgan fingerprint density at radius 1 is 1.50 bits per heavy atom. The highest BCUT2D eigenvalue weighted by Crippen LogP contribution is 2.20. The molecule has 0 aromatic carbocycles. The van der Waals surface area contributed by atoms with Crippen molar-refractivity contribution in [2.24, 2.45) is 10.9 Å². The molecule has 2 aliphatic heterocycles. The van der Waals surface area contributed by atoms with Gasteiger partial charge < -0.3 is 5.32 Å². The molecule has 86 valence electrons. The van der Waals surface area contributed by atoms with Crippen LogP contribution in [0.3, 0.4) is 0 Å². The predicted octanol–water partition coefficient (Wildman–Crippen LogP) is -1.51. The van der Waals surface area contributed by atoms with Gasteiger partial charge in [-0.05, 0) is 18.4 Å². The van der Waals surface area contributed by atoms with E-state index in [1.54, 1.807) is 0 Å². The van der Waals surface area contributed by atoms with Crippen LogP contribution in [0.5, 0.6) is 0 Å². The average molecular weight is 223 g/mol. The van der Waals surface area contributed by atoms with E-state index in [-0.39, 0.29) is 5.91 Å². The summed E-state index contributed by atoms with van der Waals surface area (Å²) in [5, 5.41) is 6.58. The first kappa shape index (κ1) is 10.6. The number of hydrazine groups is 1. The number of allylic oxidation sites excluding steroid dienone is 1. The fourth-order valence-corrected chi connectivity index (χ4v) is 1.76. The topological polar surface area (TPSA) is 109 Å². The van der Waals surface area contributed by atoms with Crippen molar-refractivity contribution in [2.75, 3.05) is 6.54 Å². The zero-order chi connectivity index (χ0) is 11.5. The van der Waals surface area contributed by atoms with E-state index in [4.69, 9.17) is 5.84 Å². The van der Waals surface area contributed by atoms with Gasteiger partial charge in [-0.1, -0.05) is 0 Å². The molecule has 7 nitrogen and oxygen atoms in total. The smallest absolute Gasteiger partial charge is 0.281 e. The molecule has 0 spiro atoms. The molecule has 0 aromatic heterocycles. The predicted molar refractivity (Wildman–Crippen MR) is 56.8 cm³/mol. The summed E-state index contributed by atoms with van der Waals surface area (Å²) < 4.78 is 0. The third kappa shape index (κ3) is 1.89. The Labute approximate surface area is 92.1 Å². The maximum absolute atomic E-state index is 11.6. The summed E-state index contributed by atoms with van der Waals surface area (Å²) in [6.45, 7) is 0.645. The first-order valence-corrected chi connectivity index (χ1v) is 5.06. The van der Waals surface area contributed by atoms with E-state index in [2.05, 4.69) is 15.8 Å². The number of hydrogen-bond acceptors (Lipinski definition) is 5. The third-order valence-corrected chi connectivity index (χ3v) is 2.60. The van der Waals surface area contributed by atoms with Crippen LogP contribution in [0.25, 0.3) is 0 Å². The molecule has 0 unspecified atom stereocenters. The number of hydrogen-bond donors (Lipinski definition) is 4. The van der Waals surface area contributed by atoms with Crippen LogP contribution >= 0.6 is 0 Å². The van der Waals surface area contributed by atoms with Gasteiger partial charge in [-0.2, -0.15) is 5.10 Å². The summed E-state index contributed by atoms with van der Waals surface area (Å²) in [5.74, 6) is 4.43. The van der Waals surface area contributed by atoms with Crippen molar-refractivity contribution >= 4 is 17.5 Å². The summed E-state index contributed by atoms with van der Waals surface area (Å²) in [6, 6.07) is 0. The van der Waals surface area contributed by atoms with E-state index in [0.29, 0.717) is 24.4 Å². The van der Waals surface area contributed by atoms with Crippen LogP contribution in [-0.2, 0) is 9.59 Å². The van der Waals surface area contributed by atoms with Crippen molar-refractivity contribution < 1.29 is 9.59 Å². The number of nitrogens with one attached hydrogen (secondary N) is 3. The molecule has 2 amide bonds. The van der Waals surface area contributed by atoms with E-state index in [1.165, 1.54) is 0 Å². The Kier molecular flexibility index (Phi) is 2.86. The van der Waals surface area contributed by atoms with Crippen LogP contribution in [0.2, 0.25) is 0 Å². The Balaban J connectivity index is 2.18. The molecule has 5 N–H and O–H groups in total. The Morgan fingerprint density at radius 3 is 3.06 bits per heavy atom. The van der Waals surface area contributed by atoms with Gasteiger partial charge in [0.1, 0.15) is 11.4 Å². The first-order chi connectivity index (χ1) is 7.72. The maximum Gasteiger partial charge on any atom is 0.281 e. The van der Waals surface area contributed by atoms with E-state index in [9.17, 15) is 9.59 Å². The molecule has 7 heteroatoms. The highest BCUT2D eigenvalue weighted by atomic mass is 16.2. The van der Waals surface area contributed by atoms with Crippen molar-refractivity contribution in [1.82, 2.24) is 16.2 Å². The molecular formula is C9H13N5O2. The number of nitrogens with zero attached hydrogens (tertiary/aromatic N) is 1. The van der Waals surface area contributed by atoms with Gasteiger partial charge in [0.15, 0.2) is 0 Å². The van der Waals surface area contributed by atoms with Crippen molar-refractivity contribution in [3.05, 3.63) is 11.3 Å². The minimum absolute atomic E-state index is 0.163. The minimum atomic E-state index is -0.427. The normalized spacial score (nSPS) is 20.1. The molecular weight excluding hydrogens is 210 g/mol. The largest absolute Gasteiger partial charge is 0.351 e. The molecule has 0 fully saturated rings. The van der Waals surface area contributed by atoms with E-state index < -0.39 is 5.91 Å². The lowest BCUT2D eigenvalue weighted by atomic mass is 10.0. The molecule has 0 bridgehead atoms. The standard InChI is InChI=1S/C9H13N5O2/c10-12-8(15)6-4-5-2-1-3-11-9(16)7(5)14-13-6/h14H,1-4,10H2,(H,11,16)(H,12,15). The van der Waals surface area contributed by atoms with E-state index in [1.807, 2.05) is 5.43 Å². The number of carbonyl (C=O) groups is 2. The number of rotatable bonds is 1. The molecule has 0 saturated carbocycles. The van der Waals surface area contributed by atoms with Gasteiger partial charge in [0, 0.05) is 13.0 Å². The second-order valence-electron chi connectivity index (χ2n) is 3.66. The van der Waals surface area contributed by atoms with Gasteiger partial charge in [-0.15, -0.1) is 0 Å². The van der Waals surface area contributed by atoms with Crippen molar-refractivity contribution in [2.45, 2.75) is 19.3 Å². The fraction of sp³-hybridized carbons (Fsp3) is 0.444. The monoisotopic (exact) mass is 223 g/mol. The van der Waals surface area contributed by atoms with Gasteiger partial charge in [-0.3, -0.25) is 20.4 Å². The van der Waals surface area contributed by atoms with Gasteiger partial charge in [0.05, 0.1) is 0 Å². The summed E-state index contributed by atoms with van der Waals surface area (Å²) in [6.07, 6.45) is 2.01. The maximum atomic E-state index is 11.6. The molecule has 0 aromatic rings. The third-order valence-electron chi connectivity index (χ3n) is 2.60. The number of amides is 2. The lowest BCUT2D eigenvalue weighted by molar-refractivity contribution is -0.118. The van der Waals surface area contributed by atoms with Gasteiger partial charge in [-0.25, -0.2) is 5.84 Å². The highest BCUT2D eigenvalue weighted by molar-refractivity contribution is 6.39. The van der Waals surface area contributed by atoms with Crippen molar-refractivity contribution in [1.29, 1.82) is 0 Å². The minimum Gasteiger partial charge on any atom is -0.351 e. The number of nitrogens with two attached hydrogens (primary N) is 1. The molecule has 0 radical (unpaired) electrons. The van der Waals surface area contributed by atoms with Crippen LogP contribution in [0.4, 0.5) is 0 Å². The summed E-state index contributed by atoms with van der Waals surface area (Å²) in [5.41, 5.74) is 6.31. The average Bonchev–Trinajstić information content (AvgIpc) is 2.50. The Hall–Kier alpha value is -1.89. The molecule has 16 heavy (non-hydrogen) atoms. The van der Waals surface area contributed by atoms with Crippen molar-refractivity contribution in [3.8, 4) is 0 Å². The van der Waals surface area contributed by atoms with Crippen LogP contribution in [0.1, 0.15) is 19.3 Å². The summed E-state index contributed by atoms with van der Waals surface area (Å²) >= 11 is 0. The van der Waals surface area contributed by atoms with Crippen molar-refractivity contribution in [3.63, 3.8) is 0 Å². The quantitative estimate of drug-likeness (QED) is 0.246. The van der Waals surface area contributed by atoms with Crippen LogP contribution in [-0.4, -0.2) is 24.1 Å². The van der Waals surface area contributed by atoms with Gasteiger partial charge in [0.25, 0.3) is 11.8 Å². The molecule has 0 saturated heterocycles. The van der Waals surface area contributed by atoms with E-state index in [0.717, 1.165) is 18.4 Å². The van der Waals surface area contributed by atoms with E-state index >= 15 is 0 Å². The zero-order valence-corrected chi connectivity index (χ0v) is 8.67. The second-order valence-corrected chi connectivity index (χ2v) is 3.66. The van der Waals surface area contributed by atoms with Crippen LogP contribution in [0.15, 0.2) is 16.4 Å². The number of hydrazone groups is 1. The van der Waals surface area contributed by atoms with Gasteiger partial charge >= 0.3 is 0 Å². The fourth-order valence-electron chi connectivity index (χ4n) is 1.76. The zero-order valence-electron chi connectivity index (χ0n) is 8.67. The van der Waals surface area contributed by atoms with Crippen LogP contribution in [0, 0.1) is 0 Å². The first-order valence-electron chi connectivity index (χ1n) is 5.06. The number of carbonyl (C=O) groups excluding carboxylic acids is 2. The SMILES string of the molecule is NNC(=O)C1=NNC2=C(CCCNC2=O)C1. The molecule has 0 atom stereocenters. The lowest BCUT2D eigenvalue weighted by Gasteiger charge is -2.17. The summed E-state index contributed by atoms with van der Waals surface area (Å²) in [4.78, 5) is 22.8. The van der Waals surface area contributed by atoms with Crippen LogP contribution < -0.4 is 22.0 Å². The second kappa shape index (κ2) is 4.31. The molecule has 0 aliphatic carbocycles. The molecule has 2 rings (SSSR count). The molecule has 2 heterocycles. The van der Waals surface area contributed by atoms with Gasteiger partial charge in [0.2, 0.25) is 0 Å². The summed E-state index contributed by atoms with van der Waals surface area (Å²) in [7, 11) is 0. The molecule has 2 aliphatic rings.